The van der Waals surface area contributed by atoms with E-state index < -0.39 is 11.6 Å². The predicted octanol–water partition coefficient (Wildman–Crippen LogP) is 4.34. The molecular weight excluding hydrogens is 302 g/mol. The summed E-state index contributed by atoms with van der Waals surface area (Å²) in [6, 6.07) is 16.9. The van der Waals surface area contributed by atoms with Gasteiger partial charge in [0, 0.05) is 5.56 Å². The number of ether oxygens (including phenoxy) is 1. The number of ketones is 1. The number of carbonyl (C=O) groups is 2. The SMILES string of the molecule is O=C(OCc1ccccc1)N1c2ccccc2C(=O)C12CCCC2. The number of benzene rings is 2. The normalized spacial score (nSPS) is 18.0. The molecule has 1 amide bonds. The van der Waals surface area contributed by atoms with Crippen molar-refractivity contribution >= 4 is 17.6 Å². The predicted molar refractivity (Wildman–Crippen MR) is 91.1 cm³/mol. The van der Waals surface area contributed by atoms with Gasteiger partial charge in [-0.1, -0.05) is 55.3 Å². The number of amides is 1. The molecule has 1 aliphatic heterocycles. The van der Waals surface area contributed by atoms with Crippen molar-refractivity contribution in [2.24, 2.45) is 0 Å². The average Bonchev–Trinajstić information content (AvgIpc) is 3.20. The summed E-state index contributed by atoms with van der Waals surface area (Å²) in [5.41, 5.74) is 1.51. The van der Waals surface area contributed by atoms with Crippen molar-refractivity contribution in [1.82, 2.24) is 0 Å². The smallest absolute Gasteiger partial charge is 0.415 e. The number of carbonyl (C=O) groups excluding carboxylic acids is 2. The molecule has 0 saturated heterocycles. The highest BCUT2D eigenvalue weighted by Gasteiger charge is 2.55. The van der Waals surface area contributed by atoms with E-state index in [4.69, 9.17) is 4.74 Å². The Labute approximate surface area is 141 Å². The Morgan fingerprint density at radius 1 is 1.00 bits per heavy atom. The zero-order chi connectivity index (χ0) is 16.6. The molecule has 1 fully saturated rings. The molecule has 0 atom stereocenters. The molecule has 122 valence electrons. The van der Waals surface area contributed by atoms with E-state index in [0.29, 0.717) is 24.1 Å². The summed E-state index contributed by atoms with van der Waals surface area (Å²) in [6.07, 6.45) is 2.91. The zero-order valence-corrected chi connectivity index (χ0v) is 13.4. The lowest BCUT2D eigenvalue weighted by atomic mass is 9.91. The minimum absolute atomic E-state index is 0.0623. The van der Waals surface area contributed by atoms with Gasteiger partial charge in [0.1, 0.15) is 12.1 Å². The van der Waals surface area contributed by atoms with Gasteiger partial charge in [0.05, 0.1) is 5.69 Å². The topological polar surface area (TPSA) is 46.6 Å². The van der Waals surface area contributed by atoms with E-state index in [-0.39, 0.29) is 12.4 Å². The Balaban J connectivity index is 1.64. The van der Waals surface area contributed by atoms with Crippen LogP contribution in [0.4, 0.5) is 10.5 Å². The Hall–Kier alpha value is -2.62. The summed E-state index contributed by atoms with van der Waals surface area (Å²) in [5, 5.41) is 0. The molecule has 24 heavy (non-hydrogen) atoms. The second-order valence-electron chi connectivity index (χ2n) is 6.46. The largest absolute Gasteiger partial charge is 0.444 e. The third-order valence-electron chi connectivity index (χ3n) is 5.06. The van der Waals surface area contributed by atoms with Crippen molar-refractivity contribution < 1.29 is 14.3 Å². The van der Waals surface area contributed by atoms with Gasteiger partial charge in [-0.25, -0.2) is 4.79 Å². The van der Waals surface area contributed by atoms with E-state index in [1.54, 1.807) is 4.90 Å². The number of hydrogen-bond donors (Lipinski definition) is 0. The summed E-state index contributed by atoms with van der Waals surface area (Å²) in [5.74, 6) is 0.0623. The van der Waals surface area contributed by atoms with Crippen LogP contribution in [-0.4, -0.2) is 17.4 Å². The van der Waals surface area contributed by atoms with Crippen LogP contribution < -0.4 is 4.90 Å². The monoisotopic (exact) mass is 321 g/mol. The van der Waals surface area contributed by atoms with Crippen molar-refractivity contribution in [1.29, 1.82) is 0 Å². The summed E-state index contributed by atoms with van der Waals surface area (Å²) in [7, 11) is 0. The maximum atomic E-state index is 13.0. The highest BCUT2D eigenvalue weighted by atomic mass is 16.6. The fourth-order valence-corrected chi connectivity index (χ4v) is 3.91. The van der Waals surface area contributed by atoms with Gasteiger partial charge >= 0.3 is 6.09 Å². The summed E-state index contributed by atoms with van der Waals surface area (Å²) < 4.78 is 5.54. The van der Waals surface area contributed by atoms with Crippen LogP contribution in [0.1, 0.15) is 41.6 Å². The standard InChI is InChI=1S/C20H19NO3/c22-18-16-10-4-5-11-17(16)21(20(18)12-6-7-13-20)19(23)24-14-15-8-2-1-3-9-15/h1-5,8-11H,6-7,12-14H2. The van der Waals surface area contributed by atoms with Crippen molar-refractivity contribution in [3.8, 4) is 0 Å². The van der Waals surface area contributed by atoms with Crippen molar-refractivity contribution in [2.45, 2.75) is 37.8 Å². The second-order valence-corrected chi connectivity index (χ2v) is 6.46. The first-order valence-electron chi connectivity index (χ1n) is 8.37. The molecular formula is C20H19NO3. The lowest BCUT2D eigenvalue weighted by molar-refractivity contribution is 0.0883. The van der Waals surface area contributed by atoms with Crippen LogP contribution in [0.15, 0.2) is 54.6 Å². The number of anilines is 1. The summed E-state index contributed by atoms with van der Waals surface area (Å²) >= 11 is 0. The van der Waals surface area contributed by atoms with Crippen molar-refractivity contribution in [2.75, 3.05) is 4.90 Å². The number of nitrogens with zero attached hydrogens (tertiary/aromatic N) is 1. The lowest BCUT2D eigenvalue weighted by Crippen LogP contribution is -2.51. The fraction of sp³-hybridized carbons (Fsp3) is 0.300. The third kappa shape index (κ3) is 2.21. The lowest BCUT2D eigenvalue weighted by Gasteiger charge is -2.32. The minimum atomic E-state index is -0.739. The van der Waals surface area contributed by atoms with E-state index in [1.165, 1.54) is 0 Å². The van der Waals surface area contributed by atoms with Gasteiger partial charge in [-0.3, -0.25) is 9.69 Å². The van der Waals surface area contributed by atoms with E-state index in [2.05, 4.69) is 0 Å². The molecule has 2 aromatic rings. The number of rotatable bonds is 2. The van der Waals surface area contributed by atoms with Gasteiger partial charge in [-0.05, 0) is 30.5 Å². The Kier molecular flexibility index (Phi) is 3.60. The average molecular weight is 321 g/mol. The van der Waals surface area contributed by atoms with Gasteiger partial charge in [-0.15, -0.1) is 0 Å². The third-order valence-corrected chi connectivity index (χ3v) is 5.06. The molecule has 1 heterocycles. The first kappa shape index (κ1) is 14.9. The van der Waals surface area contributed by atoms with Gasteiger partial charge in [-0.2, -0.15) is 0 Å². The van der Waals surface area contributed by atoms with Crippen LogP contribution in [0, 0.1) is 0 Å². The van der Waals surface area contributed by atoms with Crippen LogP contribution in [0.3, 0.4) is 0 Å². The van der Waals surface area contributed by atoms with Gasteiger partial charge < -0.3 is 4.74 Å². The molecule has 4 rings (SSSR count). The van der Waals surface area contributed by atoms with Crippen LogP contribution >= 0.6 is 0 Å². The molecule has 4 heteroatoms. The molecule has 0 unspecified atom stereocenters. The highest BCUT2D eigenvalue weighted by Crippen LogP contribution is 2.47. The Bertz CT molecular complexity index is 778. The first-order valence-corrected chi connectivity index (χ1v) is 8.37. The van der Waals surface area contributed by atoms with Gasteiger partial charge in [0.25, 0.3) is 0 Å². The van der Waals surface area contributed by atoms with Crippen LogP contribution in [0.2, 0.25) is 0 Å². The first-order chi connectivity index (χ1) is 11.7. The van der Waals surface area contributed by atoms with Crippen LogP contribution in [0.25, 0.3) is 0 Å². The molecule has 0 bridgehead atoms. The summed E-state index contributed by atoms with van der Waals surface area (Å²) in [4.78, 5) is 27.4. The molecule has 1 aliphatic carbocycles. The molecule has 2 aromatic carbocycles. The van der Waals surface area contributed by atoms with Gasteiger partial charge in [0.2, 0.25) is 0 Å². The zero-order valence-electron chi connectivity index (χ0n) is 13.4. The second kappa shape index (κ2) is 5.78. The molecule has 4 nitrogen and oxygen atoms in total. The van der Waals surface area contributed by atoms with E-state index in [9.17, 15) is 9.59 Å². The number of hydrogen-bond acceptors (Lipinski definition) is 3. The summed E-state index contributed by atoms with van der Waals surface area (Å²) in [6.45, 7) is 0.211. The van der Waals surface area contributed by atoms with E-state index in [0.717, 1.165) is 18.4 Å². The Morgan fingerprint density at radius 2 is 1.67 bits per heavy atom. The number of para-hydroxylation sites is 1. The van der Waals surface area contributed by atoms with Gasteiger partial charge in [0.15, 0.2) is 5.78 Å². The van der Waals surface area contributed by atoms with Crippen LogP contribution in [0.5, 0.6) is 0 Å². The van der Waals surface area contributed by atoms with Crippen molar-refractivity contribution in [3.05, 3.63) is 65.7 Å². The van der Waals surface area contributed by atoms with E-state index in [1.807, 2.05) is 54.6 Å². The Morgan fingerprint density at radius 3 is 2.42 bits per heavy atom. The molecule has 1 spiro atoms. The quantitative estimate of drug-likeness (QED) is 0.826. The number of fused-ring (bicyclic) bond motifs is 1. The molecule has 2 aliphatic rings. The van der Waals surface area contributed by atoms with Crippen molar-refractivity contribution in [3.63, 3.8) is 0 Å². The molecule has 1 saturated carbocycles. The maximum absolute atomic E-state index is 13.0. The minimum Gasteiger partial charge on any atom is -0.444 e. The molecule has 0 N–H and O–H groups in total. The molecule has 0 aromatic heterocycles. The van der Waals surface area contributed by atoms with E-state index >= 15 is 0 Å². The fourth-order valence-electron chi connectivity index (χ4n) is 3.91. The van der Waals surface area contributed by atoms with Crippen LogP contribution in [-0.2, 0) is 11.3 Å². The highest BCUT2D eigenvalue weighted by molar-refractivity contribution is 6.19. The molecule has 0 radical (unpaired) electrons. The maximum Gasteiger partial charge on any atom is 0.415 e. The number of Topliss-reactive ketones (excluding diaryl/α,β-unsaturated/α-hetero) is 1.